The summed E-state index contributed by atoms with van der Waals surface area (Å²) in [4.78, 5) is 31.0. The molecular weight excluding hydrogens is 604 g/mol. The maximum Gasteiger partial charge on any atom is 0.309 e. The summed E-state index contributed by atoms with van der Waals surface area (Å²) < 4.78 is 41.5. The van der Waals surface area contributed by atoms with Gasteiger partial charge in [0.15, 0.2) is 5.78 Å². The summed E-state index contributed by atoms with van der Waals surface area (Å²) in [5, 5.41) is 26.0. The first kappa shape index (κ1) is 31.3. The van der Waals surface area contributed by atoms with E-state index in [4.69, 9.17) is 24.9 Å². The Morgan fingerprint density at radius 1 is 1.16 bits per heavy atom. The van der Waals surface area contributed by atoms with Crippen molar-refractivity contribution < 1.29 is 37.3 Å². The van der Waals surface area contributed by atoms with Crippen LogP contribution in [0.1, 0.15) is 17.7 Å². The molecule has 2 aromatic heterocycles. The monoisotopic (exact) mass is 630 g/mol. The SMILES string of the molecule is [N-]=[N+]=NCCOc1cccc(COC[C@@H](CC(=O)Cn2cc(COc3ccc4nc(S(N)(=O)=O)sc4c3)nn2)C(=O)O)c1. The van der Waals surface area contributed by atoms with Gasteiger partial charge in [0.05, 0.1) is 48.7 Å². The third kappa shape index (κ3) is 9.45. The number of aromatic nitrogens is 4. The highest BCUT2D eigenvalue weighted by molar-refractivity contribution is 7.91. The van der Waals surface area contributed by atoms with Gasteiger partial charge in [-0.2, -0.15) is 0 Å². The molecule has 4 aromatic rings. The molecule has 0 aliphatic carbocycles. The fourth-order valence-electron chi connectivity index (χ4n) is 3.77. The van der Waals surface area contributed by atoms with Crippen LogP contribution < -0.4 is 14.6 Å². The average Bonchev–Trinajstić information content (AvgIpc) is 3.60. The smallest absolute Gasteiger partial charge is 0.309 e. The quantitative estimate of drug-likeness (QED) is 0.0744. The van der Waals surface area contributed by atoms with Crippen molar-refractivity contribution in [3.05, 3.63) is 70.4 Å². The number of fused-ring (bicyclic) bond motifs is 1. The first-order chi connectivity index (χ1) is 20.6. The van der Waals surface area contributed by atoms with Crippen LogP contribution in [-0.2, 0) is 44.1 Å². The molecule has 2 aromatic carbocycles. The summed E-state index contributed by atoms with van der Waals surface area (Å²) in [5.74, 6) is -1.60. The molecule has 4 rings (SSSR count). The molecule has 0 amide bonds. The number of carbonyl (C=O) groups excluding carboxylic acids is 1. The maximum atomic E-state index is 12.6. The number of benzene rings is 2. The summed E-state index contributed by atoms with van der Waals surface area (Å²) in [6.45, 7) is 0.173. The van der Waals surface area contributed by atoms with Crippen molar-refractivity contribution in [1.82, 2.24) is 20.0 Å². The number of nitrogens with zero attached hydrogens (tertiary/aromatic N) is 7. The second-order valence-electron chi connectivity index (χ2n) is 9.09. The normalized spacial score (nSPS) is 12.0. The minimum Gasteiger partial charge on any atom is -0.493 e. The van der Waals surface area contributed by atoms with Crippen LogP contribution in [0.2, 0.25) is 0 Å². The molecule has 0 saturated carbocycles. The number of thiazole rings is 1. The van der Waals surface area contributed by atoms with E-state index in [0.717, 1.165) is 16.9 Å². The van der Waals surface area contributed by atoms with Crippen LogP contribution in [0, 0.1) is 5.92 Å². The molecule has 0 spiro atoms. The number of carboxylic acids is 1. The molecule has 0 saturated heterocycles. The van der Waals surface area contributed by atoms with Gasteiger partial charge in [-0.05, 0) is 41.4 Å². The highest BCUT2D eigenvalue weighted by atomic mass is 32.2. The molecule has 0 radical (unpaired) electrons. The third-order valence-electron chi connectivity index (χ3n) is 5.73. The van der Waals surface area contributed by atoms with Gasteiger partial charge in [-0.1, -0.05) is 22.5 Å². The van der Waals surface area contributed by atoms with Gasteiger partial charge in [0.2, 0.25) is 4.34 Å². The lowest BCUT2D eigenvalue weighted by atomic mass is 10.0. The van der Waals surface area contributed by atoms with Crippen LogP contribution in [0.4, 0.5) is 0 Å². The Morgan fingerprint density at radius 2 is 1.98 bits per heavy atom. The number of ether oxygens (including phenoxy) is 3. The van der Waals surface area contributed by atoms with E-state index < -0.39 is 21.9 Å². The summed E-state index contributed by atoms with van der Waals surface area (Å²) in [6, 6.07) is 11.9. The Hall–Kier alpha value is -4.61. The van der Waals surface area contributed by atoms with Crippen LogP contribution in [0.25, 0.3) is 20.7 Å². The first-order valence-electron chi connectivity index (χ1n) is 12.6. The van der Waals surface area contributed by atoms with Crippen LogP contribution >= 0.6 is 11.3 Å². The van der Waals surface area contributed by atoms with E-state index in [-0.39, 0.29) is 56.1 Å². The van der Waals surface area contributed by atoms with Gasteiger partial charge in [0, 0.05) is 11.3 Å². The number of sulfonamides is 1. The fourth-order valence-corrected chi connectivity index (χ4v) is 5.45. The highest BCUT2D eigenvalue weighted by Gasteiger charge is 2.22. The van der Waals surface area contributed by atoms with E-state index in [1.807, 2.05) is 0 Å². The van der Waals surface area contributed by atoms with Crippen molar-refractivity contribution in [3.63, 3.8) is 0 Å². The van der Waals surface area contributed by atoms with E-state index in [2.05, 4.69) is 25.3 Å². The number of rotatable bonds is 17. The number of primary sulfonamides is 1. The summed E-state index contributed by atoms with van der Waals surface area (Å²) in [7, 11) is -3.91. The van der Waals surface area contributed by atoms with E-state index in [0.29, 0.717) is 27.4 Å². The number of aliphatic carboxylic acids is 1. The number of Topliss-reactive ketones (excluding diaryl/α,β-unsaturated/α-hetero) is 1. The second kappa shape index (κ2) is 14.5. The molecule has 0 bridgehead atoms. The van der Waals surface area contributed by atoms with Gasteiger partial charge in [0.1, 0.15) is 30.3 Å². The van der Waals surface area contributed by atoms with E-state index in [1.165, 1.54) is 10.9 Å². The van der Waals surface area contributed by atoms with E-state index in [9.17, 15) is 23.1 Å². The Morgan fingerprint density at radius 3 is 2.74 bits per heavy atom. The molecule has 2 heterocycles. The van der Waals surface area contributed by atoms with Crippen LogP contribution in [0.5, 0.6) is 11.5 Å². The van der Waals surface area contributed by atoms with Gasteiger partial charge >= 0.3 is 5.97 Å². The molecule has 226 valence electrons. The number of azide groups is 1. The minimum atomic E-state index is -3.91. The van der Waals surface area contributed by atoms with Crippen molar-refractivity contribution in [2.75, 3.05) is 19.8 Å². The molecular formula is C25H26N8O8S2. The lowest BCUT2D eigenvalue weighted by molar-refractivity contribution is -0.146. The second-order valence-corrected chi connectivity index (χ2v) is 11.9. The Labute approximate surface area is 248 Å². The number of nitrogens with two attached hydrogens (primary N) is 1. The lowest BCUT2D eigenvalue weighted by Crippen LogP contribution is -2.25. The van der Waals surface area contributed by atoms with Crippen molar-refractivity contribution in [2.24, 2.45) is 16.2 Å². The molecule has 16 nitrogen and oxygen atoms in total. The van der Waals surface area contributed by atoms with Crippen molar-refractivity contribution >= 4 is 43.3 Å². The lowest BCUT2D eigenvalue weighted by Gasteiger charge is -2.13. The zero-order valence-corrected chi connectivity index (χ0v) is 24.1. The van der Waals surface area contributed by atoms with Gasteiger partial charge in [-0.15, -0.1) is 16.4 Å². The molecule has 18 heteroatoms. The van der Waals surface area contributed by atoms with Crippen LogP contribution in [-0.4, -0.2) is 65.0 Å². The maximum absolute atomic E-state index is 12.6. The largest absolute Gasteiger partial charge is 0.493 e. The van der Waals surface area contributed by atoms with Gasteiger partial charge < -0.3 is 19.3 Å². The Balaban J connectivity index is 1.24. The predicted molar refractivity (Wildman–Crippen MR) is 152 cm³/mol. The van der Waals surface area contributed by atoms with Gasteiger partial charge in [-0.3, -0.25) is 9.59 Å². The van der Waals surface area contributed by atoms with Gasteiger partial charge in [0.25, 0.3) is 10.0 Å². The number of ketones is 1. The fraction of sp³-hybridized carbons (Fsp3) is 0.320. The number of carboxylic acid groups (broad SMARTS) is 1. The van der Waals surface area contributed by atoms with Crippen LogP contribution in [0.3, 0.4) is 0 Å². The number of hydrogen-bond acceptors (Lipinski definition) is 12. The topological polar surface area (TPSA) is 235 Å². The number of carbonyl (C=O) groups is 2. The molecule has 0 aliphatic rings. The first-order valence-corrected chi connectivity index (χ1v) is 15.0. The Bertz CT molecular complexity index is 1750. The molecule has 43 heavy (non-hydrogen) atoms. The molecule has 0 unspecified atom stereocenters. The molecule has 1 atom stereocenters. The third-order valence-corrected chi connectivity index (χ3v) is 8.07. The Kier molecular flexibility index (Phi) is 10.6. The van der Waals surface area contributed by atoms with Gasteiger partial charge in [-0.25, -0.2) is 23.2 Å². The zero-order chi connectivity index (χ0) is 30.8. The van der Waals surface area contributed by atoms with Crippen LogP contribution in [0.15, 0.2) is 58.1 Å². The van der Waals surface area contributed by atoms with E-state index >= 15 is 0 Å². The zero-order valence-electron chi connectivity index (χ0n) is 22.5. The summed E-state index contributed by atoms with van der Waals surface area (Å²) >= 11 is 0.924. The minimum absolute atomic E-state index is 0.0200. The average molecular weight is 631 g/mol. The predicted octanol–water partition coefficient (Wildman–Crippen LogP) is 2.68. The molecule has 3 N–H and O–H groups in total. The highest BCUT2D eigenvalue weighted by Crippen LogP contribution is 2.28. The summed E-state index contributed by atoms with van der Waals surface area (Å²) in [5.41, 5.74) is 9.94. The molecule has 0 aliphatic heterocycles. The standard InChI is InChI=1S/C25H26N8O8S2/c26-31-28-6-7-40-20-3-1-2-16(8-20)13-39-14-17(24(35)36)9-19(34)12-33-11-18(30-32-33)15-41-21-4-5-22-23(10-21)42-25(29-22)43(27,37)38/h1-5,8,10-11,17H,6-7,9,12-15H2,(H,35,36)(H2,27,37,38)/t17-/m1/s1. The van der Waals surface area contributed by atoms with E-state index in [1.54, 1.807) is 42.5 Å². The summed E-state index contributed by atoms with van der Waals surface area (Å²) in [6.07, 6.45) is 1.25. The van der Waals surface area contributed by atoms with Crippen molar-refractivity contribution in [2.45, 2.75) is 30.5 Å². The number of hydrogen-bond donors (Lipinski definition) is 2. The van der Waals surface area contributed by atoms with Crippen molar-refractivity contribution in [1.29, 1.82) is 0 Å². The van der Waals surface area contributed by atoms with Crippen molar-refractivity contribution in [3.8, 4) is 11.5 Å². The molecule has 0 fully saturated rings.